The minimum Gasteiger partial charge on any atom is -0.462 e. The van der Waals surface area contributed by atoms with Crippen molar-refractivity contribution in [1.82, 2.24) is 0 Å². The topological polar surface area (TPSA) is 119 Å². The normalized spacial score (nSPS) is 12.4. The van der Waals surface area contributed by atoms with Crippen LogP contribution in [0.1, 0.15) is 142 Å². The summed E-state index contributed by atoms with van der Waals surface area (Å²) in [6.45, 7) is 3.54. The summed E-state index contributed by atoms with van der Waals surface area (Å²) < 4.78 is 25.9. The first-order valence-corrected chi connectivity index (χ1v) is 15.9. The Morgan fingerprint density at radius 2 is 1.00 bits per heavy atom. The van der Waals surface area contributed by atoms with Gasteiger partial charge in [0.05, 0.1) is 6.61 Å². The molecule has 8 nitrogen and oxygen atoms in total. The van der Waals surface area contributed by atoms with Crippen LogP contribution in [0.15, 0.2) is 0 Å². The molecule has 0 fully saturated rings. The number of unbranched alkanes of at least 4 members (excludes halogenated alkanes) is 16. The zero-order valence-electron chi connectivity index (χ0n) is 22.9. The van der Waals surface area contributed by atoms with Crippen LogP contribution >= 0.6 is 7.82 Å². The summed E-state index contributed by atoms with van der Waals surface area (Å²) in [5, 5.41) is 0. The van der Waals surface area contributed by atoms with E-state index in [1.165, 1.54) is 64.2 Å². The van der Waals surface area contributed by atoms with Crippen LogP contribution in [0.25, 0.3) is 0 Å². The molecule has 0 saturated carbocycles. The summed E-state index contributed by atoms with van der Waals surface area (Å²) in [5.41, 5.74) is 0. The van der Waals surface area contributed by atoms with Crippen molar-refractivity contribution in [3.63, 3.8) is 0 Å². The van der Waals surface area contributed by atoms with Gasteiger partial charge in [-0.25, -0.2) is 4.57 Å². The van der Waals surface area contributed by atoms with E-state index >= 15 is 0 Å². The van der Waals surface area contributed by atoms with Crippen molar-refractivity contribution in [2.75, 3.05) is 13.2 Å². The lowest BCUT2D eigenvalue weighted by Gasteiger charge is -2.18. The van der Waals surface area contributed by atoms with Gasteiger partial charge in [-0.3, -0.25) is 14.1 Å². The number of phosphoric acid groups is 1. The molecule has 0 aliphatic carbocycles. The van der Waals surface area contributed by atoms with Crippen molar-refractivity contribution in [2.24, 2.45) is 0 Å². The van der Waals surface area contributed by atoms with Crippen LogP contribution in [-0.4, -0.2) is 41.0 Å². The van der Waals surface area contributed by atoms with E-state index in [1.54, 1.807) is 0 Å². The molecule has 0 aromatic heterocycles. The molecule has 0 amide bonds. The van der Waals surface area contributed by atoms with Crippen LogP contribution in [0.3, 0.4) is 0 Å². The van der Waals surface area contributed by atoms with Crippen LogP contribution in [0, 0.1) is 0 Å². The Kier molecular flexibility index (Phi) is 23.7. The standard InChI is InChI=1S/C27H53O8P/c1-3-5-7-9-10-11-12-13-14-15-16-18-19-21-26(28)33-23-25(24-34-36(30,31)32)35-27(29)22-20-17-8-6-4-2/h25H,3-24H2,1-2H3,(H2,30,31,32)/t25-/m0/s1. The second kappa shape index (κ2) is 24.4. The second-order valence-electron chi connectivity index (χ2n) is 9.74. The third-order valence-corrected chi connectivity index (χ3v) is 6.61. The molecule has 0 aromatic carbocycles. The van der Waals surface area contributed by atoms with E-state index in [4.69, 9.17) is 19.3 Å². The van der Waals surface area contributed by atoms with E-state index in [9.17, 15) is 14.2 Å². The van der Waals surface area contributed by atoms with Gasteiger partial charge in [0.2, 0.25) is 0 Å². The van der Waals surface area contributed by atoms with Crippen LogP contribution in [0.4, 0.5) is 0 Å². The Morgan fingerprint density at radius 1 is 0.611 bits per heavy atom. The molecule has 0 rings (SSSR count). The average Bonchev–Trinajstić information content (AvgIpc) is 2.83. The Morgan fingerprint density at radius 3 is 1.42 bits per heavy atom. The molecule has 0 heterocycles. The predicted molar refractivity (Wildman–Crippen MR) is 143 cm³/mol. The largest absolute Gasteiger partial charge is 0.469 e. The van der Waals surface area contributed by atoms with E-state index < -0.39 is 32.5 Å². The molecule has 9 heteroatoms. The molecular formula is C27H53O8P. The molecule has 0 aliphatic heterocycles. The molecule has 0 spiro atoms. The maximum absolute atomic E-state index is 12.1. The summed E-state index contributed by atoms with van der Waals surface area (Å²) in [6.07, 6.45) is 20.2. The summed E-state index contributed by atoms with van der Waals surface area (Å²) in [4.78, 5) is 42.0. The SMILES string of the molecule is CCCCCCCCCCCCCCCC(=O)OC[C@@H](COP(=O)(O)O)OC(=O)CCCCCCC. The molecule has 0 unspecified atom stereocenters. The van der Waals surface area contributed by atoms with Crippen LogP contribution in [0.2, 0.25) is 0 Å². The number of rotatable bonds is 26. The van der Waals surface area contributed by atoms with E-state index in [2.05, 4.69) is 18.4 Å². The van der Waals surface area contributed by atoms with Crippen molar-refractivity contribution in [2.45, 2.75) is 148 Å². The van der Waals surface area contributed by atoms with E-state index in [-0.39, 0.29) is 19.4 Å². The van der Waals surface area contributed by atoms with Gasteiger partial charge in [0.25, 0.3) is 0 Å². The zero-order valence-corrected chi connectivity index (χ0v) is 23.8. The first-order valence-electron chi connectivity index (χ1n) is 14.3. The fourth-order valence-corrected chi connectivity index (χ4v) is 4.32. The van der Waals surface area contributed by atoms with Crippen molar-refractivity contribution >= 4 is 19.8 Å². The Hall–Kier alpha value is -0.950. The Labute approximate surface area is 219 Å². The molecule has 0 bridgehead atoms. The van der Waals surface area contributed by atoms with Gasteiger partial charge in [-0.05, 0) is 12.8 Å². The van der Waals surface area contributed by atoms with Gasteiger partial charge < -0.3 is 19.3 Å². The van der Waals surface area contributed by atoms with Crippen LogP contribution < -0.4 is 0 Å². The second-order valence-corrected chi connectivity index (χ2v) is 11.0. The summed E-state index contributed by atoms with van der Waals surface area (Å²) in [7, 11) is -4.72. The lowest BCUT2D eigenvalue weighted by atomic mass is 10.0. The smallest absolute Gasteiger partial charge is 0.462 e. The predicted octanol–water partition coefficient (Wildman–Crippen LogP) is 7.39. The number of ether oxygens (including phenoxy) is 2. The van der Waals surface area contributed by atoms with Crippen molar-refractivity contribution in [3.8, 4) is 0 Å². The number of phosphoric ester groups is 1. The third kappa shape index (κ3) is 26.1. The van der Waals surface area contributed by atoms with Gasteiger partial charge in [0.1, 0.15) is 6.61 Å². The molecule has 0 radical (unpaired) electrons. The number of carbonyl (C=O) groups is 2. The first kappa shape index (κ1) is 35.0. The molecule has 1 atom stereocenters. The highest BCUT2D eigenvalue weighted by molar-refractivity contribution is 7.46. The highest BCUT2D eigenvalue weighted by atomic mass is 31.2. The van der Waals surface area contributed by atoms with Crippen LogP contribution in [0.5, 0.6) is 0 Å². The zero-order chi connectivity index (χ0) is 26.9. The minimum atomic E-state index is -4.72. The molecule has 2 N–H and O–H groups in total. The van der Waals surface area contributed by atoms with Crippen molar-refractivity contribution < 1.29 is 37.9 Å². The minimum absolute atomic E-state index is 0.211. The molecule has 214 valence electrons. The highest BCUT2D eigenvalue weighted by Crippen LogP contribution is 2.35. The summed E-state index contributed by atoms with van der Waals surface area (Å²) >= 11 is 0. The lowest BCUT2D eigenvalue weighted by Crippen LogP contribution is -2.29. The van der Waals surface area contributed by atoms with E-state index in [0.717, 1.165) is 44.9 Å². The molecule has 0 aliphatic rings. The maximum atomic E-state index is 12.1. The molecular weight excluding hydrogens is 483 g/mol. The summed E-state index contributed by atoms with van der Waals surface area (Å²) in [5.74, 6) is -0.895. The number of carbonyl (C=O) groups excluding carboxylic acids is 2. The molecule has 0 aromatic rings. The monoisotopic (exact) mass is 536 g/mol. The van der Waals surface area contributed by atoms with Crippen molar-refractivity contribution in [3.05, 3.63) is 0 Å². The first-order chi connectivity index (χ1) is 17.3. The quantitative estimate of drug-likeness (QED) is 0.0667. The third-order valence-electron chi connectivity index (χ3n) is 6.13. The lowest BCUT2D eigenvalue weighted by molar-refractivity contribution is -0.161. The Balaban J connectivity index is 3.95. The number of esters is 2. The molecule has 0 saturated heterocycles. The fraction of sp³-hybridized carbons (Fsp3) is 0.926. The van der Waals surface area contributed by atoms with Crippen LogP contribution in [-0.2, 0) is 28.2 Å². The maximum Gasteiger partial charge on any atom is 0.469 e. The average molecular weight is 537 g/mol. The fourth-order valence-electron chi connectivity index (χ4n) is 3.96. The molecule has 36 heavy (non-hydrogen) atoms. The number of hydrogen-bond donors (Lipinski definition) is 2. The van der Waals surface area contributed by atoms with Gasteiger partial charge in [0.15, 0.2) is 6.10 Å². The van der Waals surface area contributed by atoms with Gasteiger partial charge in [0, 0.05) is 12.8 Å². The van der Waals surface area contributed by atoms with Crippen molar-refractivity contribution in [1.29, 1.82) is 0 Å². The van der Waals surface area contributed by atoms with E-state index in [0.29, 0.717) is 6.42 Å². The van der Waals surface area contributed by atoms with Gasteiger partial charge in [-0.2, -0.15) is 0 Å². The van der Waals surface area contributed by atoms with Gasteiger partial charge in [-0.15, -0.1) is 0 Å². The van der Waals surface area contributed by atoms with Gasteiger partial charge in [-0.1, -0.05) is 117 Å². The van der Waals surface area contributed by atoms with Gasteiger partial charge >= 0.3 is 19.8 Å². The Bertz CT molecular complexity index is 578. The van der Waals surface area contributed by atoms with E-state index in [1.807, 2.05) is 0 Å². The number of hydrogen-bond acceptors (Lipinski definition) is 6. The highest BCUT2D eigenvalue weighted by Gasteiger charge is 2.22. The summed E-state index contributed by atoms with van der Waals surface area (Å²) in [6, 6.07) is 0.